The van der Waals surface area contributed by atoms with Crippen LogP contribution in [-0.2, 0) is 21.7 Å². The van der Waals surface area contributed by atoms with Crippen molar-refractivity contribution in [1.29, 1.82) is 0 Å². The SMILES string of the molecule is CC1(c2ccc(F)cc2)NC(=O)N(CC(=O)Nc2cccc(CN3CCSCC3)c2)C1=O. The summed E-state index contributed by atoms with van der Waals surface area (Å²) in [6.07, 6.45) is 0. The summed E-state index contributed by atoms with van der Waals surface area (Å²) in [7, 11) is 0. The number of anilines is 1. The van der Waals surface area contributed by atoms with E-state index in [2.05, 4.69) is 15.5 Å². The van der Waals surface area contributed by atoms with Crippen molar-refractivity contribution in [3.8, 4) is 0 Å². The summed E-state index contributed by atoms with van der Waals surface area (Å²) in [5, 5.41) is 5.39. The largest absolute Gasteiger partial charge is 0.325 e. The maximum absolute atomic E-state index is 13.2. The number of amides is 4. The predicted octanol–water partition coefficient (Wildman–Crippen LogP) is 2.78. The maximum atomic E-state index is 13.2. The van der Waals surface area contributed by atoms with Gasteiger partial charge in [-0.15, -0.1) is 0 Å². The molecule has 4 amide bonds. The Hall–Kier alpha value is -2.91. The fourth-order valence-corrected chi connectivity index (χ4v) is 4.91. The van der Waals surface area contributed by atoms with E-state index in [1.54, 1.807) is 13.0 Å². The Balaban J connectivity index is 1.39. The van der Waals surface area contributed by atoms with E-state index in [9.17, 15) is 18.8 Å². The molecule has 4 rings (SSSR count). The third-order valence-corrected chi connectivity index (χ3v) is 6.66. The molecule has 0 saturated carbocycles. The predicted molar refractivity (Wildman–Crippen MR) is 122 cm³/mol. The van der Waals surface area contributed by atoms with Gasteiger partial charge in [-0.05, 0) is 42.3 Å². The maximum Gasteiger partial charge on any atom is 0.325 e. The van der Waals surface area contributed by atoms with Gasteiger partial charge in [-0.3, -0.25) is 19.4 Å². The van der Waals surface area contributed by atoms with Crippen LogP contribution in [0.4, 0.5) is 14.9 Å². The van der Waals surface area contributed by atoms with Crippen LogP contribution in [0.3, 0.4) is 0 Å². The van der Waals surface area contributed by atoms with Crippen LogP contribution in [0, 0.1) is 5.82 Å². The van der Waals surface area contributed by atoms with Crippen molar-refractivity contribution < 1.29 is 18.8 Å². The van der Waals surface area contributed by atoms with E-state index in [0.29, 0.717) is 11.3 Å². The number of nitrogens with zero attached hydrogens (tertiary/aromatic N) is 2. The Kier molecular flexibility index (Phi) is 6.48. The standard InChI is InChI=1S/C23H25FN4O3S/c1-23(17-5-7-18(24)8-6-17)21(30)28(22(31)26-23)15-20(29)25-19-4-2-3-16(13-19)14-27-9-11-32-12-10-27/h2-8,13H,9-12,14-15H2,1H3,(H,25,29)(H,26,31). The number of urea groups is 1. The first-order chi connectivity index (χ1) is 15.3. The highest BCUT2D eigenvalue weighted by atomic mass is 32.2. The lowest BCUT2D eigenvalue weighted by Crippen LogP contribution is -2.42. The van der Waals surface area contributed by atoms with Gasteiger partial charge in [0.05, 0.1) is 0 Å². The topological polar surface area (TPSA) is 81.8 Å². The minimum absolute atomic E-state index is 0.408. The van der Waals surface area contributed by atoms with Gasteiger partial charge >= 0.3 is 6.03 Å². The summed E-state index contributed by atoms with van der Waals surface area (Å²) in [4.78, 5) is 41.2. The molecule has 32 heavy (non-hydrogen) atoms. The van der Waals surface area contributed by atoms with Gasteiger partial charge in [0.1, 0.15) is 17.9 Å². The van der Waals surface area contributed by atoms with E-state index >= 15 is 0 Å². The minimum atomic E-state index is -1.35. The number of nitrogens with one attached hydrogen (secondary N) is 2. The van der Waals surface area contributed by atoms with Crippen molar-refractivity contribution in [3.63, 3.8) is 0 Å². The minimum Gasteiger partial charge on any atom is -0.325 e. The molecular weight excluding hydrogens is 431 g/mol. The molecule has 2 aromatic rings. The fourth-order valence-electron chi connectivity index (χ4n) is 3.93. The third-order valence-electron chi connectivity index (χ3n) is 5.72. The van der Waals surface area contributed by atoms with Crippen molar-refractivity contribution in [3.05, 3.63) is 65.5 Å². The number of carbonyl (C=O) groups is 3. The number of rotatable bonds is 6. The summed E-state index contributed by atoms with van der Waals surface area (Å²) in [6.45, 7) is 4.03. The summed E-state index contributed by atoms with van der Waals surface area (Å²) < 4.78 is 13.2. The molecule has 1 atom stereocenters. The molecule has 0 aromatic heterocycles. The van der Waals surface area contributed by atoms with Crippen LogP contribution in [-0.4, -0.2) is 58.8 Å². The van der Waals surface area contributed by atoms with Crippen molar-refractivity contribution in [1.82, 2.24) is 15.1 Å². The van der Waals surface area contributed by atoms with Crippen molar-refractivity contribution in [2.75, 3.05) is 36.5 Å². The number of imide groups is 1. The van der Waals surface area contributed by atoms with Gasteiger partial charge in [-0.1, -0.05) is 24.3 Å². The molecule has 2 heterocycles. The molecule has 9 heteroatoms. The van der Waals surface area contributed by atoms with E-state index in [4.69, 9.17) is 0 Å². The molecule has 2 saturated heterocycles. The average molecular weight is 457 g/mol. The van der Waals surface area contributed by atoms with Gasteiger partial charge in [0.2, 0.25) is 5.91 Å². The van der Waals surface area contributed by atoms with Gasteiger partial charge in [-0.25, -0.2) is 9.18 Å². The van der Waals surface area contributed by atoms with Crippen LogP contribution in [0.1, 0.15) is 18.1 Å². The number of benzene rings is 2. The Morgan fingerprint density at radius 1 is 1.16 bits per heavy atom. The molecule has 7 nitrogen and oxygen atoms in total. The lowest BCUT2D eigenvalue weighted by Gasteiger charge is -2.26. The zero-order chi connectivity index (χ0) is 22.7. The molecule has 2 N–H and O–H groups in total. The third kappa shape index (κ3) is 4.78. The molecule has 2 aliphatic rings. The van der Waals surface area contributed by atoms with Crippen LogP contribution in [0.5, 0.6) is 0 Å². The molecule has 1 unspecified atom stereocenters. The molecule has 0 radical (unpaired) electrons. The number of hydrogen-bond acceptors (Lipinski definition) is 5. The zero-order valence-corrected chi connectivity index (χ0v) is 18.6. The van der Waals surface area contributed by atoms with Crippen LogP contribution >= 0.6 is 11.8 Å². The lowest BCUT2D eigenvalue weighted by atomic mass is 9.92. The quantitative estimate of drug-likeness (QED) is 0.654. The first-order valence-corrected chi connectivity index (χ1v) is 11.6. The first kappa shape index (κ1) is 22.3. The van der Waals surface area contributed by atoms with Crippen molar-refractivity contribution in [2.45, 2.75) is 19.0 Å². The van der Waals surface area contributed by atoms with Crippen LogP contribution < -0.4 is 10.6 Å². The first-order valence-electron chi connectivity index (χ1n) is 10.4. The monoisotopic (exact) mass is 456 g/mol. The van der Waals surface area contributed by atoms with Crippen LogP contribution in [0.2, 0.25) is 0 Å². The molecule has 2 aromatic carbocycles. The molecule has 2 aliphatic heterocycles. The lowest BCUT2D eigenvalue weighted by molar-refractivity contribution is -0.133. The average Bonchev–Trinajstić information content (AvgIpc) is 2.99. The van der Waals surface area contributed by atoms with E-state index in [0.717, 1.165) is 41.6 Å². The Labute approximate surface area is 190 Å². The second kappa shape index (κ2) is 9.30. The van der Waals surface area contributed by atoms with E-state index < -0.39 is 35.7 Å². The molecule has 0 bridgehead atoms. The van der Waals surface area contributed by atoms with E-state index in [1.165, 1.54) is 24.3 Å². The summed E-state index contributed by atoms with van der Waals surface area (Å²) in [6, 6.07) is 12.3. The van der Waals surface area contributed by atoms with E-state index in [1.807, 2.05) is 30.0 Å². The number of halogens is 1. The normalized spacial score (nSPS) is 21.5. The van der Waals surface area contributed by atoms with Crippen molar-refractivity contribution in [2.24, 2.45) is 0 Å². The molecule has 0 spiro atoms. The smallest absolute Gasteiger partial charge is 0.325 e. The number of thioether (sulfide) groups is 1. The highest BCUT2D eigenvalue weighted by molar-refractivity contribution is 7.99. The summed E-state index contributed by atoms with van der Waals surface area (Å²) in [5.41, 5.74) is 0.808. The molecule has 168 valence electrons. The molecule has 0 aliphatic carbocycles. The Morgan fingerprint density at radius 3 is 2.59 bits per heavy atom. The van der Waals surface area contributed by atoms with Gasteiger partial charge < -0.3 is 10.6 Å². The summed E-state index contributed by atoms with van der Waals surface area (Å²) in [5.74, 6) is 0.786. The fraction of sp³-hybridized carbons (Fsp3) is 0.348. The van der Waals surface area contributed by atoms with Gasteiger partial charge in [0.25, 0.3) is 5.91 Å². The summed E-state index contributed by atoms with van der Waals surface area (Å²) >= 11 is 1.95. The highest BCUT2D eigenvalue weighted by Crippen LogP contribution is 2.29. The van der Waals surface area contributed by atoms with Gasteiger partial charge in [0, 0.05) is 36.8 Å². The second-order valence-electron chi connectivity index (χ2n) is 8.09. The Bertz CT molecular complexity index is 1030. The molecule has 2 fully saturated rings. The van der Waals surface area contributed by atoms with E-state index in [-0.39, 0.29) is 0 Å². The number of hydrogen-bond donors (Lipinski definition) is 2. The second-order valence-corrected chi connectivity index (χ2v) is 9.32. The van der Waals surface area contributed by atoms with Crippen LogP contribution in [0.15, 0.2) is 48.5 Å². The van der Waals surface area contributed by atoms with Crippen LogP contribution in [0.25, 0.3) is 0 Å². The Morgan fingerprint density at radius 2 is 1.88 bits per heavy atom. The van der Waals surface area contributed by atoms with Crippen molar-refractivity contribution >= 4 is 35.3 Å². The van der Waals surface area contributed by atoms with Gasteiger partial charge in [0.15, 0.2) is 0 Å². The number of carbonyl (C=O) groups excluding carboxylic acids is 3. The zero-order valence-electron chi connectivity index (χ0n) is 17.8. The highest BCUT2D eigenvalue weighted by Gasteiger charge is 2.49. The van der Waals surface area contributed by atoms with Gasteiger partial charge in [-0.2, -0.15) is 11.8 Å². The molecular formula is C23H25FN4O3S.